The summed E-state index contributed by atoms with van der Waals surface area (Å²) in [6.45, 7) is 2.82. The van der Waals surface area contributed by atoms with Crippen molar-refractivity contribution in [3.8, 4) is 11.5 Å². The maximum atomic E-state index is 13.3. The lowest BCUT2D eigenvalue weighted by atomic mass is 9.47. The van der Waals surface area contributed by atoms with E-state index in [4.69, 9.17) is 14.2 Å². The fourth-order valence-electron chi connectivity index (χ4n) is 6.53. The summed E-state index contributed by atoms with van der Waals surface area (Å²) in [5, 5.41) is 3.20. The zero-order chi connectivity index (χ0) is 20.2. The molecule has 0 aromatic heterocycles. The second-order valence-corrected chi connectivity index (χ2v) is 10.2. The van der Waals surface area contributed by atoms with E-state index in [0.29, 0.717) is 43.0 Å². The first-order valence-corrected chi connectivity index (χ1v) is 11.2. The molecular weight excluding hydrogens is 438 g/mol. The molecule has 6 nitrogen and oxygen atoms in total. The second kappa shape index (κ2) is 6.89. The number of halogens is 1. The van der Waals surface area contributed by atoms with E-state index in [1.54, 1.807) is 6.92 Å². The van der Waals surface area contributed by atoms with Crippen molar-refractivity contribution >= 4 is 27.8 Å². The Bertz CT molecular complexity index is 855. The van der Waals surface area contributed by atoms with Crippen molar-refractivity contribution < 1.29 is 23.8 Å². The number of fused-ring (bicyclic) bond motifs is 1. The first kappa shape index (κ1) is 19.2. The Morgan fingerprint density at radius 3 is 2.45 bits per heavy atom. The summed E-state index contributed by atoms with van der Waals surface area (Å²) in [5.74, 6) is 2.26. The van der Waals surface area contributed by atoms with E-state index in [1.807, 2.05) is 12.1 Å². The lowest BCUT2D eigenvalue weighted by Crippen LogP contribution is -2.64. The molecule has 0 spiro atoms. The molecule has 1 heterocycles. The number of carbonyl (C=O) groups excluding carboxylic acids is 2. The first-order chi connectivity index (χ1) is 13.9. The Morgan fingerprint density at radius 1 is 1.14 bits per heavy atom. The third-order valence-corrected chi connectivity index (χ3v) is 7.74. The van der Waals surface area contributed by atoms with Crippen LogP contribution in [0.5, 0.6) is 11.5 Å². The summed E-state index contributed by atoms with van der Waals surface area (Å²) in [6, 6.07) is 3.75. The highest BCUT2D eigenvalue weighted by Crippen LogP contribution is 2.62. The van der Waals surface area contributed by atoms with Crippen molar-refractivity contribution in [2.24, 2.45) is 17.3 Å². The molecule has 5 aliphatic rings. The van der Waals surface area contributed by atoms with Crippen LogP contribution in [-0.2, 0) is 20.9 Å². The molecule has 0 unspecified atom stereocenters. The maximum Gasteiger partial charge on any atom is 0.312 e. The van der Waals surface area contributed by atoms with E-state index in [-0.39, 0.29) is 24.0 Å². The quantitative estimate of drug-likeness (QED) is 0.688. The first-order valence-electron chi connectivity index (χ1n) is 10.4. The molecule has 0 radical (unpaired) electrons. The number of carbonyl (C=O) groups is 2. The van der Waals surface area contributed by atoms with Gasteiger partial charge in [0.05, 0.1) is 5.41 Å². The van der Waals surface area contributed by atoms with Crippen LogP contribution in [0.4, 0.5) is 0 Å². The summed E-state index contributed by atoms with van der Waals surface area (Å²) < 4.78 is 17.9. The van der Waals surface area contributed by atoms with E-state index in [2.05, 4.69) is 21.2 Å². The van der Waals surface area contributed by atoms with E-state index >= 15 is 0 Å². The minimum atomic E-state index is -0.465. The average molecular weight is 464 g/mol. The van der Waals surface area contributed by atoms with Crippen molar-refractivity contribution in [1.29, 1.82) is 0 Å². The molecule has 4 bridgehead atoms. The Balaban J connectivity index is 1.33. The number of benzene rings is 1. The van der Waals surface area contributed by atoms with Gasteiger partial charge in [-0.3, -0.25) is 9.59 Å². The fourth-order valence-corrected chi connectivity index (χ4v) is 6.97. The Hall–Kier alpha value is -1.76. The molecular formula is C22H26BrNO5. The summed E-state index contributed by atoms with van der Waals surface area (Å²) in [4.78, 5) is 25.1. The van der Waals surface area contributed by atoms with Crippen LogP contribution in [0, 0.1) is 17.3 Å². The van der Waals surface area contributed by atoms with Gasteiger partial charge >= 0.3 is 5.97 Å². The van der Waals surface area contributed by atoms with Gasteiger partial charge in [-0.1, -0.05) is 15.9 Å². The van der Waals surface area contributed by atoms with Crippen LogP contribution in [0.25, 0.3) is 0 Å². The van der Waals surface area contributed by atoms with Gasteiger partial charge in [-0.15, -0.1) is 0 Å². The molecule has 1 aliphatic heterocycles. The monoisotopic (exact) mass is 463 g/mol. The molecule has 1 amide bonds. The number of hydrogen-bond acceptors (Lipinski definition) is 5. The van der Waals surface area contributed by atoms with E-state index in [1.165, 1.54) is 6.42 Å². The molecule has 4 aliphatic carbocycles. The number of amides is 1. The minimum absolute atomic E-state index is 0.00400. The zero-order valence-corrected chi connectivity index (χ0v) is 18.2. The molecule has 2 atom stereocenters. The molecule has 4 fully saturated rings. The van der Waals surface area contributed by atoms with Crippen molar-refractivity contribution in [3.05, 3.63) is 22.2 Å². The smallest absolute Gasteiger partial charge is 0.312 e. The van der Waals surface area contributed by atoms with Crippen molar-refractivity contribution in [3.63, 3.8) is 0 Å². The van der Waals surface area contributed by atoms with Crippen molar-refractivity contribution in [2.75, 3.05) is 13.2 Å². The lowest BCUT2D eigenvalue weighted by Gasteiger charge is -2.60. The van der Waals surface area contributed by atoms with E-state index in [9.17, 15) is 9.59 Å². The largest absolute Gasteiger partial charge is 0.486 e. The number of rotatable bonds is 4. The van der Waals surface area contributed by atoms with Gasteiger partial charge in [0.1, 0.15) is 19.8 Å². The van der Waals surface area contributed by atoms with E-state index < -0.39 is 5.41 Å². The SMILES string of the molecule is CC(=O)NC12C[C@@H]3C[C@@H](C1)CC(C(=O)OCc1cc4c(cc1Br)OCCO4)(C3)C2. The van der Waals surface area contributed by atoms with Gasteiger partial charge < -0.3 is 19.5 Å². The van der Waals surface area contributed by atoms with Crippen LogP contribution in [0.15, 0.2) is 16.6 Å². The highest BCUT2D eigenvalue weighted by Gasteiger charge is 2.61. The summed E-state index contributed by atoms with van der Waals surface area (Å²) >= 11 is 3.55. The zero-order valence-electron chi connectivity index (χ0n) is 16.6. The average Bonchev–Trinajstić information content (AvgIpc) is 2.64. The summed E-state index contributed by atoms with van der Waals surface area (Å²) in [6.07, 6.45) is 5.62. The third-order valence-electron chi connectivity index (χ3n) is 7.01. The molecule has 0 saturated heterocycles. The Morgan fingerprint density at radius 2 is 1.79 bits per heavy atom. The molecule has 6 rings (SSSR count). The van der Waals surface area contributed by atoms with Crippen LogP contribution in [0.3, 0.4) is 0 Å². The second-order valence-electron chi connectivity index (χ2n) is 9.37. The summed E-state index contributed by atoms with van der Waals surface area (Å²) in [7, 11) is 0. The lowest BCUT2D eigenvalue weighted by molar-refractivity contribution is -0.177. The van der Waals surface area contributed by atoms with Gasteiger partial charge in [0.2, 0.25) is 5.91 Å². The predicted molar refractivity (Wildman–Crippen MR) is 109 cm³/mol. The molecule has 1 aromatic carbocycles. The van der Waals surface area contributed by atoms with Gasteiger partial charge in [-0.05, 0) is 62.5 Å². The van der Waals surface area contributed by atoms with Gasteiger partial charge in [-0.25, -0.2) is 0 Å². The van der Waals surface area contributed by atoms with Crippen LogP contribution < -0.4 is 14.8 Å². The molecule has 156 valence electrons. The Labute approximate surface area is 178 Å². The molecule has 7 heteroatoms. The Kier molecular flexibility index (Phi) is 4.57. The molecule has 1 N–H and O–H groups in total. The number of esters is 1. The fraction of sp³-hybridized carbons (Fsp3) is 0.636. The number of nitrogens with one attached hydrogen (secondary N) is 1. The van der Waals surface area contributed by atoms with Gasteiger partial charge in [-0.2, -0.15) is 0 Å². The van der Waals surface area contributed by atoms with Crippen LogP contribution >= 0.6 is 15.9 Å². The van der Waals surface area contributed by atoms with Crippen molar-refractivity contribution in [1.82, 2.24) is 5.32 Å². The van der Waals surface area contributed by atoms with Gasteiger partial charge in [0.25, 0.3) is 0 Å². The highest BCUT2D eigenvalue weighted by atomic mass is 79.9. The van der Waals surface area contributed by atoms with Gasteiger partial charge in [0, 0.05) is 22.5 Å². The van der Waals surface area contributed by atoms with Crippen LogP contribution in [0.2, 0.25) is 0 Å². The topological polar surface area (TPSA) is 73.9 Å². The highest BCUT2D eigenvalue weighted by molar-refractivity contribution is 9.10. The summed E-state index contributed by atoms with van der Waals surface area (Å²) in [5.41, 5.74) is 0.170. The molecule has 29 heavy (non-hydrogen) atoms. The molecule has 4 saturated carbocycles. The molecule has 1 aromatic rings. The standard InChI is InChI=1S/C22H26BrNO5/c1-13(25)24-22-9-14-4-15(10-22)8-21(7-14,12-22)20(26)29-11-16-5-18-19(6-17(16)23)28-3-2-27-18/h5-6,14-15H,2-4,7-12H2,1H3,(H,24,25)/t14-,15-,21?,22?/m1/s1. The van der Waals surface area contributed by atoms with Gasteiger partial charge in [0.15, 0.2) is 11.5 Å². The number of ether oxygens (including phenoxy) is 3. The minimum Gasteiger partial charge on any atom is -0.486 e. The predicted octanol–water partition coefficient (Wildman–Crippen LogP) is 3.74. The van der Waals surface area contributed by atoms with Crippen LogP contribution in [0.1, 0.15) is 51.0 Å². The normalized spacial score (nSPS) is 34.0. The third kappa shape index (κ3) is 3.41. The van der Waals surface area contributed by atoms with E-state index in [0.717, 1.165) is 35.7 Å². The number of hydrogen-bond donors (Lipinski definition) is 1. The van der Waals surface area contributed by atoms with Crippen LogP contribution in [-0.4, -0.2) is 30.6 Å². The maximum absolute atomic E-state index is 13.3. The van der Waals surface area contributed by atoms with Crippen molar-refractivity contribution in [2.45, 2.75) is 57.6 Å².